The van der Waals surface area contributed by atoms with Crippen LogP contribution in [0.2, 0.25) is 0 Å². The van der Waals surface area contributed by atoms with E-state index in [1.54, 1.807) is 0 Å². The fraction of sp³-hybridized carbons (Fsp3) is 0.667. The Labute approximate surface area is 103 Å². The average Bonchev–Trinajstić information content (AvgIpc) is 2.37. The monoisotopic (exact) mass is 238 g/mol. The van der Waals surface area contributed by atoms with E-state index >= 15 is 0 Å². The molecule has 0 aliphatic rings. The van der Waals surface area contributed by atoms with Crippen LogP contribution in [0.1, 0.15) is 32.5 Å². The molecule has 1 aromatic heterocycles. The standard InChI is InChI=1S/C12H22N4O/c1-4-9(6-7-17)14-12-8-11(13-3)15-10(5-2)16-12/h8-9,17H,4-7H2,1-3H3,(H2,13,14,15,16). The van der Waals surface area contributed by atoms with Crippen LogP contribution in [-0.2, 0) is 6.42 Å². The third-order valence-corrected chi connectivity index (χ3v) is 2.67. The number of rotatable bonds is 7. The Bertz CT molecular complexity index is 321. The van der Waals surface area contributed by atoms with Crippen molar-refractivity contribution in [1.82, 2.24) is 9.97 Å². The Morgan fingerprint density at radius 2 is 2.00 bits per heavy atom. The van der Waals surface area contributed by atoms with Crippen LogP contribution in [0, 0.1) is 0 Å². The molecular weight excluding hydrogens is 216 g/mol. The fourth-order valence-electron chi connectivity index (χ4n) is 1.60. The summed E-state index contributed by atoms with van der Waals surface area (Å²) in [6.45, 7) is 4.31. The molecule has 1 unspecified atom stereocenters. The van der Waals surface area contributed by atoms with Crippen molar-refractivity contribution < 1.29 is 5.11 Å². The summed E-state index contributed by atoms with van der Waals surface area (Å²) in [6.07, 6.45) is 2.50. The van der Waals surface area contributed by atoms with Gasteiger partial charge >= 0.3 is 0 Å². The smallest absolute Gasteiger partial charge is 0.132 e. The lowest BCUT2D eigenvalue weighted by Gasteiger charge is -2.17. The predicted molar refractivity (Wildman–Crippen MR) is 70.4 cm³/mol. The van der Waals surface area contributed by atoms with E-state index in [4.69, 9.17) is 5.11 Å². The first-order chi connectivity index (χ1) is 8.23. The van der Waals surface area contributed by atoms with Crippen molar-refractivity contribution in [2.75, 3.05) is 24.3 Å². The van der Waals surface area contributed by atoms with Gasteiger partial charge in [-0.25, -0.2) is 9.97 Å². The molecule has 1 aromatic rings. The van der Waals surface area contributed by atoms with Gasteiger partial charge in [0.2, 0.25) is 0 Å². The number of aromatic nitrogens is 2. The molecule has 0 bridgehead atoms. The highest BCUT2D eigenvalue weighted by Gasteiger charge is 2.08. The molecule has 0 aliphatic heterocycles. The van der Waals surface area contributed by atoms with Crippen LogP contribution in [0.4, 0.5) is 11.6 Å². The molecule has 0 fully saturated rings. The number of nitrogens with zero attached hydrogens (tertiary/aromatic N) is 2. The zero-order valence-electron chi connectivity index (χ0n) is 10.8. The second-order valence-electron chi connectivity index (χ2n) is 3.92. The Morgan fingerprint density at radius 1 is 1.29 bits per heavy atom. The molecule has 0 saturated heterocycles. The number of anilines is 2. The topological polar surface area (TPSA) is 70.1 Å². The lowest BCUT2D eigenvalue weighted by atomic mass is 10.1. The maximum atomic E-state index is 8.96. The third-order valence-electron chi connectivity index (χ3n) is 2.67. The van der Waals surface area contributed by atoms with E-state index in [0.29, 0.717) is 0 Å². The molecule has 17 heavy (non-hydrogen) atoms. The Balaban J connectivity index is 2.81. The van der Waals surface area contributed by atoms with Gasteiger partial charge in [-0.05, 0) is 12.8 Å². The van der Waals surface area contributed by atoms with Gasteiger partial charge in [0, 0.05) is 32.2 Å². The number of nitrogens with one attached hydrogen (secondary N) is 2. The predicted octanol–water partition coefficient (Wildman–Crippen LogP) is 1.65. The quantitative estimate of drug-likeness (QED) is 0.674. The molecule has 0 aromatic carbocycles. The lowest BCUT2D eigenvalue weighted by molar-refractivity contribution is 0.278. The van der Waals surface area contributed by atoms with Gasteiger partial charge in [-0.1, -0.05) is 13.8 Å². The molecule has 5 nitrogen and oxygen atoms in total. The van der Waals surface area contributed by atoms with E-state index in [1.807, 2.05) is 20.0 Å². The second-order valence-corrected chi connectivity index (χ2v) is 3.92. The largest absolute Gasteiger partial charge is 0.396 e. The SMILES string of the molecule is CCc1nc(NC)cc(NC(CC)CCO)n1. The fourth-order valence-corrected chi connectivity index (χ4v) is 1.60. The summed E-state index contributed by atoms with van der Waals surface area (Å²) in [5.74, 6) is 2.46. The van der Waals surface area contributed by atoms with Gasteiger partial charge in [-0.2, -0.15) is 0 Å². The molecule has 1 atom stereocenters. The van der Waals surface area contributed by atoms with E-state index in [0.717, 1.165) is 36.7 Å². The molecule has 0 spiro atoms. The summed E-state index contributed by atoms with van der Waals surface area (Å²) in [5.41, 5.74) is 0. The van der Waals surface area contributed by atoms with Crippen molar-refractivity contribution in [2.24, 2.45) is 0 Å². The van der Waals surface area contributed by atoms with Gasteiger partial charge in [-0.3, -0.25) is 0 Å². The molecule has 1 heterocycles. The van der Waals surface area contributed by atoms with Crippen LogP contribution in [0.25, 0.3) is 0 Å². The molecule has 0 amide bonds. The van der Waals surface area contributed by atoms with Crippen molar-refractivity contribution in [1.29, 1.82) is 0 Å². The van der Waals surface area contributed by atoms with E-state index < -0.39 is 0 Å². The number of hydrogen-bond acceptors (Lipinski definition) is 5. The van der Waals surface area contributed by atoms with Crippen molar-refractivity contribution in [2.45, 2.75) is 39.2 Å². The van der Waals surface area contributed by atoms with Gasteiger partial charge in [0.1, 0.15) is 17.5 Å². The summed E-state index contributed by atoms with van der Waals surface area (Å²) in [6, 6.07) is 2.14. The summed E-state index contributed by atoms with van der Waals surface area (Å²) in [7, 11) is 1.84. The summed E-state index contributed by atoms with van der Waals surface area (Å²) in [5, 5.41) is 15.3. The van der Waals surface area contributed by atoms with E-state index in [2.05, 4.69) is 27.5 Å². The summed E-state index contributed by atoms with van der Waals surface area (Å²) < 4.78 is 0. The minimum absolute atomic E-state index is 0.191. The van der Waals surface area contributed by atoms with Crippen LogP contribution in [-0.4, -0.2) is 34.8 Å². The molecule has 0 saturated carbocycles. The van der Waals surface area contributed by atoms with E-state index in [9.17, 15) is 0 Å². The maximum Gasteiger partial charge on any atom is 0.132 e. The van der Waals surface area contributed by atoms with Crippen molar-refractivity contribution in [3.05, 3.63) is 11.9 Å². The van der Waals surface area contributed by atoms with Crippen LogP contribution >= 0.6 is 0 Å². The van der Waals surface area contributed by atoms with Crippen molar-refractivity contribution in [3.63, 3.8) is 0 Å². The first kappa shape index (κ1) is 13.7. The Kier molecular flexibility index (Phi) is 5.69. The first-order valence-electron chi connectivity index (χ1n) is 6.16. The van der Waals surface area contributed by atoms with Crippen LogP contribution in [0.5, 0.6) is 0 Å². The minimum Gasteiger partial charge on any atom is -0.396 e. The highest BCUT2D eigenvalue weighted by atomic mass is 16.3. The zero-order valence-corrected chi connectivity index (χ0v) is 10.8. The molecule has 5 heteroatoms. The summed E-state index contributed by atoms with van der Waals surface area (Å²) >= 11 is 0. The normalized spacial score (nSPS) is 12.2. The molecule has 0 radical (unpaired) electrons. The van der Waals surface area contributed by atoms with E-state index in [1.165, 1.54) is 0 Å². The average molecular weight is 238 g/mol. The van der Waals surface area contributed by atoms with Crippen molar-refractivity contribution >= 4 is 11.6 Å². The van der Waals surface area contributed by atoms with Gasteiger partial charge in [0.15, 0.2) is 0 Å². The van der Waals surface area contributed by atoms with Crippen LogP contribution < -0.4 is 10.6 Å². The van der Waals surface area contributed by atoms with Gasteiger partial charge in [-0.15, -0.1) is 0 Å². The number of hydrogen-bond donors (Lipinski definition) is 3. The van der Waals surface area contributed by atoms with Crippen LogP contribution in [0.15, 0.2) is 6.07 Å². The van der Waals surface area contributed by atoms with Gasteiger partial charge < -0.3 is 15.7 Å². The molecular formula is C12H22N4O. The zero-order chi connectivity index (χ0) is 12.7. The number of aliphatic hydroxyl groups excluding tert-OH is 1. The number of aryl methyl sites for hydroxylation is 1. The highest BCUT2D eigenvalue weighted by Crippen LogP contribution is 2.14. The lowest BCUT2D eigenvalue weighted by Crippen LogP contribution is -2.21. The van der Waals surface area contributed by atoms with Crippen molar-refractivity contribution in [3.8, 4) is 0 Å². The molecule has 1 rings (SSSR count). The maximum absolute atomic E-state index is 8.96. The van der Waals surface area contributed by atoms with Gasteiger partial charge in [0.05, 0.1) is 0 Å². The van der Waals surface area contributed by atoms with Gasteiger partial charge in [0.25, 0.3) is 0 Å². The minimum atomic E-state index is 0.191. The third kappa shape index (κ3) is 4.19. The molecule has 3 N–H and O–H groups in total. The highest BCUT2D eigenvalue weighted by molar-refractivity contribution is 5.47. The molecule has 96 valence electrons. The van der Waals surface area contributed by atoms with E-state index in [-0.39, 0.29) is 12.6 Å². The van der Waals surface area contributed by atoms with Crippen LogP contribution in [0.3, 0.4) is 0 Å². The second kappa shape index (κ2) is 7.06. The summed E-state index contributed by atoms with van der Waals surface area (Å²) in [4.78, 5) is 8.76. The Morgan fingerprint density at radius 3 is 2.53 bits per heavy atom. The molecule has 0 aliphatic carbocycles. The first-order valence-corrected chi connectivity index (χ1v) is 6.16. The number of aliphatic hydroxyl groups is 1. The Hall–Kier alpha value is -1.36.